The minimum Gasteiger partial charge on any atom is -0.365 e. The zero-order valence-electron chi connectivity index (χ0n) is 11.6. The number of aldehydes is 1. The van der Waals surface area contributed by atoms with Gasteiger partial charge in [0.25, 0.3) is 5.69 Å². The molecule has 0 aromatic heterocycles. The summed E-state index contributed by atoms with van der Waals surface area (Å²) in [6.45, 7) is 3.76. The number of likely N-dealkylation sites (N-methyl/N-ethyl adjacent to an activating group) is 1. The number of non-ortho nitro benzene ring substituents is 1. The minimum atomic E-state index is -0.567. The van der Waals surface area contributed by atoms with E-state index >= 15 is 0 Å². The number of nitrogens with one attached hydrogen (secondary N) is 1. The van der Waals surface area contributed by atoms with Crippen LogP contribution in [-0.4, -0.2) is 36.8 Å². The van der Waals surface area contributed by atoms with E-state index < -0.39 is 4.92 Å². The quantitative estimate of drug-likeness (QED) is 0.482. The Labute approximate surface area is 116 Å². The van der Waals surface area contributed by atoms with Crippen LogP contribution < -0.4 is 10.2 Å². The molecule has 0 spiro atoms. The fourth-order valence-corrected chi connectivity index (χ4v) is 1.77. The summed E-state index contributed by atoms with van der Waals surface area (Å²) in [5, 5.41) is 13.4. The molecule has 0 bridgehead atoms. The Morgan fingerprint density at radius 3 is 2.65 bits per heavy atom. The Hall–Kier alpha value is -2.44. The lowest BCUT2D eigenvalue weighted by Gasteiger charge is -2.21. The van der Waals surface area contributed by atoms with Crippen molar-refractivity contribution in [2.45, 2.75) is 19.9 Å². The SMILES string of the molecule is CC(C)NC(=O)CN(C)c1ccc([N+](=O)[O-])cc1C=O. The lowest BCUT2D eigenvalue weighted by atomic mass is 10.1. The van der Waals surface area contributed by atoms with Gasteiger partial charge in [0.2, 0.25) is 5.91 Å². The summed E-state index contributed by atoms with van der Waals surface area (Å²) >= 11 is 0. The topological polar surface area (TPSA) is 92.6 Å². The lowest BCUT2D eigenvalue weighted by Crippen LogP contribution is -2.38. The second kappa shape index (κ2) is 6.65. The number of amides is 1. The summed E-state index contributed by atoms with van der Waals surface area (Å²) in [4.78, 5) is 34.4. The van der Waals surface area contributed by atoms with Gasteiger partial charge in [-0.05, 0) is 19.9 Å². The second-order valence-electron chi connectivity index (χ2n) is 4.70. The number of rotatable bonds is 6. The van der Waals surface area contributed by atoms with Crippen molar-refractivity contribution < 1.29 is 14.5 Å². The van der Waals surface area contributed by atoms with Gasteiger partial charge in [-0.2, -0.15) is 0 Å². The molecule has 0 radical (unpaired) electrons. The first-order chi connectivity index (χ1) is 9.35. The van der Waals surface area contributed by atoms with E-state index in [1.54, 1.807) is 11.9 Å². The summed E-state index contributed by atoms with van der Waals surface area (Å²) in [5.41, 5.74) is 0.499. The van der Waals surface area contributed by atoms with Crippen molar-refractivity contribution in [2.75, 3.05) is 18.5 Å². The summed E-state index contributed by atoms with van der Waals surface area (Å²) in [5.74, 6) is -0.183. The van der Waals surface area contributed by atoms with Gasteiger partial charge >= 0.3 is 0 Å². The van der Waals surface area contributed by atoms with Gasteiger partial charge in [-0.1, -0.05) is 0 Å². The average Bonchev–Trinajstić information content (AvgIpc) is 2.36. The number of nitro groups is 1. The number of nitro benzene ring substituents is 1. The van der Waals surface area contributed by atoms with Crippen molar-refractivity contribution in [3.63, 3.8) is 0 Å². The zero-order valence-corrected chi connectivity index (χ0v) is 11.6. The third-order valence-electron chi connectivity index (χ3n) is 2.59. The van der Waals surface area contributed by atoms with E-state index in [2.05, 4.69) is 5.32 Å². The lowest BCUT2D eigenvalue weighted by molar-refractivity contribution is -0.384. The highest BCUT2D eigenvalue weighted by molar-refractivity contribution is 5.88. The largest absolute Gasteiger partial charge is 0.365 e. The zero-order chi connectivity index (χ0) is 15.3. The van der Waals surface area contributed by atoms with Crippen LogP contribution in [0.3, 0.4) is 0 Å². The second-order valence-corrected chi connectivity index (χ2v) is 4.70. The van der Waals surface area contributed by atoms with Gasteiger partial charge in [0.05, 0.1) is 11.5 Å². The van der Waals surface area contributed by atoms with Crippen LogP contribution in [0.4, 0.5) is 11.4 Å². The van der Waals surface area contributed by atoms with Gasteiger partial charge in [-0.25, -0.2) is 0 Å². The molecule has 0 saturated carbocycles. The molecule has 1 rings (SSSR count). The molecule has 1 aromatic carbocycles. The average molecular weight is 279 g/mol. The molecule has 0 aliphatic rings. The fraction of sp³-hybridized carbons (Fsp3) is 0.385. The van der Waals surface area contributed by atoms with Crippen molar-refractivity contribution in [2.24, 2.45) is 0 Å². The number of hydrogen-bond donors (Lipinski definition) is 1. The third kappa shape index (κ3) is 4.04. The Bertz CT molecular complexity index is 528. The fourth-order valence-electron chi connectivity index (χ4n) is 1.77. The van der Waals surface area contributed by atoms with E-state index in [0.29, 0.717) is 12.0 Å². The molecule has 0 saturated heterocycles. The molecule has 108 valence electrons. The highest BCUT2D eigenvalue weighted by atomic mass is 16.6. The maximum Gasteiger partial charge on any atom is 0.270 e. The van der Waals surface area contributed by atoms with Gasteiger partial charge < -0.3 is 10.2 Å². The molecule has 0 unspecified atom stereocenters. The molecule has 1 aromatic rings. The van der Waals surface area contributed by atoms with Gasteiger partial charge in [0.15, 0.2) is 6.29 Å². The third-order valence-corrected chi connectivity index (χ3v) is 2.59. The number of carbonyl (C=O) groups excluding carboxylic acids is 2. The molecule has 7 heteroatoms. The first kappa shape index (κ1) is 15.6. The van der Waals surface area contributed by atoms with E-state index in [9.17, 15) is 19.7 Å². The van der Waals surface area contributed by atoms with Crippen LogP contribution in [0.1, 0.15) is 24.2 Å². The van der Waals surface area contributed by atoms with E-state index in [1.165, 1.54) is 18.2 Å². The van der Waals surface area contributed by atoms with Crippen molar-refractivity contribution in [3.8, 4) is 0 Å². The van der Waals surface area contributed by atoms with Crippen molar-refractivity contribution in [1.82, 2.24) is 5.32 Å². The molecule has 0 atom stereocenters. The van der Waals surface area contributed by atoms with E-state index in [-0.39, 0.29) is 29.7 Å². The van der Waals surface area contributed by atoms with Crippen LogP contribution in [0.2, 0.25) is 0 Å². The van der Waals surface area contributed by atoms with Crippen LogP contribution in [0, 0.1) is 10.1 Å². The van der Waals surface area contributed by atoms with Gasteiger partial charge in [0, 0.05) is 36.5 Å². The van der Waals surface area contributed by atoms with Crippen LogP contribution in [0.15, 0.2) is 18.2 Å². The smallest absolute Gasteiger partial charge is 0.270 e. The standard InChI is InChI=1S/C13H17N3O4/c1-9(2)14-13(18)7-15(3)12-5-4-11(16(19)20)6-10(12)8-17/h4-6,8-9H,7H2,1-3H3,(H,14,18). The van der Waals surface area contributed by atoms with Gasteiger partial charge in [0.1, 0.15) is 0 Å². The normalized spacial score (nSPS) is 10.2. The Kier molecular flexibility index (Phi) is 5.19. The molecule has 20 heavy (non-hydrogen) atoms. The summed E-state index contributed by atoms with van der Waals surface area (Å²) in [7, 11) is 1.65. The number of anilines is 1. The highest BCUT2D eigenvalue weighted by Crippen LogP contribution is 2.23. The van der Waals surface area contributed by atoms with Crippen LogP contribution >= 0.6 is 0 Å². The summed E-state index contributed by atoms with van der Waals surface area (Å²) in [6.07, 6.45) is 0.541. The summed E-state index contributed by atoms with van der Waals surface area (Å²) < 4.78 is 0. The molecule has 0 heterocycles. The number of benzene rings is 1. The van der Waals surface area contributed by atoms with Crippen LogP contribution in [-0.2, 0) is 4.79 Å². The van der Waals surface area contributed by atoms with Crippen molar-refractivity contribution in [3.05, 3.63) is 33.9 Å². The Morgan fingerprint density at radius 2 is 2.15 bits per heavy atom. The minimum absolute atomic E-state index is 0.0262. The summed E-state index contributed by atoms with van der Waals surface area (Å²) in [6, 6.07) is 3.99. The molecule has 1 N–H and O–H groups in total. The van der Waals surface area contributed by atoms with E-state index in [1.807, 2.05) is 13.8 Å². The molecule has 1 amide bonds. The highest BCUT2D eigenvalue weighted by Gasteiger charge is 2.15. The Balaban J connectivity index is 2.92. The van der Waals surface area contributed by atoms with E-state index in [0.717, 1.165) is 0 Å². The van der Waals surface area contributed by atoms with Gasteiger partial charge in [-0.15, -0.1) is 0 Å². The monoisotopic (exact) mass is 279 g/mol. The predicted molar refractivity (Wildman–Crippen MR) is 75.0 cm³/mol. The first-order valence-electron chi connectivity index (χ1n) is 6.09. The molecular weight excluding hydrogens is 262 g/mol. The molecule has 0 aliphatic carbocycles. The number of carbonyl (C=O) groups is 2. The molecule has 0 aliphatic heterocycles. The van der Waals surface area contributed by atoms with Gasteiger partial charge in [-0.3, -0.25) is 19.7 Å². The number of hydrogen-bond acceptors (Lipinski definition) is 5. The number of nitrogens with zero attached hydrogens (tertiary/aromatic N) is 2. The molecular formula is C13H17N3O4. The van der Waals surface area contributed by atoms with E-state index in [4.69, 9.17) is 0 Å². The predicted octanol–water partition coefficient (Wildman–Crippen LogP) is 1.37. The molecule has 0 fully saturated rings. The van der Waals surface area contributed by atoms with Crippen molar-refractivity contribution in [1.29, 1.82) is 0 Å². The molecule has 7 nitrogen and oxygen atoms in total. The maximum atomic E-state index is 11.7. The maximum absolute atomic E-state index is 11.7. The van der Waals surface area contributed by atoms with Crippen LogP contribution in [0.5, 0.6) is 0 Å². The van der Waals surface area contributed by atoms with Crippen LogP contribution in [0.25, 0.3) is 0 Å². The Morgan fingerprint density at radius 1 is 1.50 bits per heavy atom. The van der Waals surface area contributed by atoms with Crippen molar-refractivity contribution >= 4 is 23.6 Å². The first-order valence-corrected chi connectivity index (χ1v) is 6.09.